The van der Waals surface area contributed by atoms with Crippen LogP contribution in [0.5, 0.6) is 0 Å². The Morgan fingerprint density at radius 3 is 2.53 bits per heavy atom. The maximum absolute atomic E-state index is 13.1. The van der Waals surface area contributed by atoms with E-state index in [0.717, 1.165) is 12.1 Å². The molecule has 0 saturated carbocycles. The highest BCUT2D eigenvalue weighted by Gasteiger charge is 2.13. The number of sulfonamides is 1. The molecule has 0 heterocycles. The van der Waals surface area contributed by atoms with E-state index in [4.69, 9.17) is 0 Å². The Labute approximate surface area is 87.2 Å². The molecule has 6 heteroatoms. The standard InChI is InChI=1S/C9H11F2NO2S/c1-2-12-15(13,14)6-7-3-4-8(10)5-9(7)11/h3-5,12H,2,6H2,1H3. The molecule has 15 heavy (non-hydrogen) atoms. The second kappa shape index (κ2) is 4.67. The Hall–Kier alpha value is -1.01. The highest BCUT2D eigenvalue weighted by molar-refractivity contribution is 7.88. The maximum atomic E-state index is 13.1. The number of hydrogen-bond acceptors (Lipinski definition) is 2. The van der Waals surface area contributed by atoms with Crippen LogP contribution in [0.3, 0.4) is 0 Å². The molecule has 1 aromatic rings. The molecule has 1 rings (SSSR count). The second-order valence-corrected chi connectivity index (χ2v) is 4.80. The van der Waals surface area contributed by atoms with E-state index in [2.05, 4.69) is 4.72 Å². The van der Waals surface area contributed by atoms with Crippen molar-refractivity contribution in [3.8, 4) is 0 Å². The van der Waals surface area contributed by atoms with E-state index < -0.39 is 27.4 Å². The first kappa shape index (κ1) is 12.1. The minimum atomic E-state index is -3.53. The molecule has 3 nitrogen and oxygen atoms in total. The van der Waals surface area contributed by atoms with Crippen molar-refractivity contribution in [2.75, 3.05) is 6.54 Å². The third-order valence-electron chi connectivity index (χ3n) is 1.72. The van der Waals surface area contributed by atoms with Gasteiger partial charge in [0, 0.05) is 18.2 Å². The molecule has 0 radical (unpaired) electrons. The number of benzene rings is 1. The Kier molecular flexibility index (Phi) is 3.76. The normalized spacial score (nSPS) is 11.7. The van der Waals surface area contributed by atoms with Gasteiger partial charge in [-0.25, -0.2) is 21.9 Å². The number of halogens is 2. The van der Waals surface area contributed by atoms with Crippen molar-refractivity contribution < 1.29 is 17.2 Å². The molecule has 0 aliphatic rings. The quantitative estimate of drug-likeness (QED) is 0.857. The van der Waals surface area contributed by atoms with Crippen LogP contribution in [0.1, 0.15) is 12.5 Å². The summed E-state index contributed by atoms with van der Waals surface area (Å²) in [6.45, 7) is 1.86. The molecule has 0 amide bonds. The van der Waals surface area contributed by atoms with Gasteiger partial charge in [0.1, 0.15) is 11.6 Å². The Morgan fingerprint density at radius 2 is 2.00 bits per heavy atom. The average molecular weight is 235 g/mol. The van der Waals surface area contributed by atoms with Gasteiger partial charge in [-0.15, -0.1) is 0 Å². The van der Waals surface area contributed by atoms with Crippen LogP contribution in [0.15, 0.2) is 18.2 Å². The zero-order valence-electron chi connectivity index (χ0n) is 8.13. The van der Waals surface area contributed by atoms with E-state index in [0.29, 0.717) is 6.07 Å². The van der Waals surface area contributed by atoms with Crippen molar-refractivity contribution >= 4 is 10.0 Å². The van der Waals surface area contributed by atoms with Crippen LogP contribution < -0.4 is 4.72 Å². The van der Waals surface area contributed by atoms with Crippen LogP contribution in [0.4, 0.5) is 8.78 Å². The largest absolute Gasteiger partial charge is 0.215 e. The fourth-order valence-electron chi connectivity index (χ4n) is 1.11. The van der Waals surface area contributed by atoms with Gasteiger partial charge >= 0.3 is 0 Å². The fourth-order valence-corrected chi connectivity index (χ4v) is 2.30. The van der Waals surface area contributed by atoms with E-state index in [1.54, 1.807) is 6.92 Å². The third kappa shape index (κ3) is 3.56. The first-order valence-electron chi connectivity index (χ1n) is 4.36. The van der Waals surface area contributed by atoms with E-state index in [9.17, 15) is 17.2 Å². The molecule has 0 bridgehead atoms. The third-order valence-corrected chi connectivity index (χ3v) is 3.14. The highest BCUT2D eigenvalue weighted by atomic mass is 32.2. The molecule has 1 N–H and O–H groups in total. The van der Waals surface area contributed by atoms with Gasteiger partial charge in [-0.05, 0) is 6.07 Å². The predicted octanol–water partition coefficient (Wildman–Crippen LogP) is 1.40. The lowest BCUT2D eigenvalue weighted by molar-refractivity contribution is 0.565. The Balaban J connectivity index is 2.90. The molecule has 0 aromatic heterocycles. The van der Waals surface area contributed by atoms with Gasteiger partial charge < -0.3 is 0 Å². The Morgan fingerprint density at radius 1 is 1.33 bits per heavy atom. The summed E-state index contributed by atoms with van der Waals surface area (Å²) in [5, 5.41) is 0. The molecular formula is C9H11F2NO2S. The lowest BCUT2D eigenvalue weighted by Crippen LogP contribution is -2.25. The predicted molar refractivity (Wildman–Crippen MR) is 52.7 cm³/mol. The lowest BCUT2D eigenvalue weighted by Gasteiger charge is -2.05. The zero-order chi connectivity index (χ0) is 11.5. The molecule has 0 unspecified atom stereocenters. The average Bonchev–Trinajstić information content (AvgIpc) is 2.09. The minimum absolute atomic E-state index is 0.0441. The molecule has 1 aromatic carbocycles. The summed E-state index contributed by atoms with van der Waals surface area (Å²) in [5.41, 5.74) is -0.0441. The summed E-state index contributed by atoms with van der Waals surface area (Å²) in [7, 11) is -3.53. The maximum Gasteiger partial charge on any atom is 0.215 e. The first-order chi connectivity index (χ1) is 6.94. The fraction of sp³-hybridized carbons (Fsp3) is 0.333. The lowest BCUT2D eigenvalue weighted by atomic mass is 10.2. The smallest absolute Gasteiger partial charge is 0.215 e. The second-order valence-electron chi connectivity index (χ2n) is 2.99. The summed E-state index contributed by atoms with van der Waals surface area (Å²) in [5.74, 6) is -2.05. The topological polar surface area (TPSA) is 46.2 Å². The monoisotopic (exact) mass is 235 g/mol. The molecule has 0 aliphatic heterocycles. The molecule has 84 valence electrons. The van der Waals surface area contributed by atoms with Gasteiger partial charge in [-0.2, -0.15) is 0 Å². The van der Waals surface area contributed by atoms with Crippen LogP contribution in [-0.4, -0.2) is 15.0 Å². The van der Waals surface area contributed by atoms with E-state index in [-0.39, 0.29) is 12.1 Å². The van der Waals surface area contributed by atoms with Crippen LogP contribution in [-0.2, 0) is 15.8 Å². The van der Waals surface area contributed by atoms with Crippen LogP contribution in [0, 0.1) is 11.6 Å². The summed E-state index contributed by atoms with van der Waals surface area (Å²) < 4.78 is 50.4. The number of hydrogen-bond donors (Lipinski definition) is 1. The van der Waals surface area contributed by atoms with Crippen molar-refractivity contribution in [2.45, 2.75) is 12.7 Å². The zero-order valence-corrected chi connectivity index (χ0v) is 8.94. The summed E-state index contributed by atoms with van der Waals surface area (Å²) in [4.78, 5) is 0. The van der Waals surface area contributed by atoms with E-state index >= 15 is 0 Å². The molecule has 0 saturated heterocycles. The highest BCUT2D eigenvalue weighted by Crippen LogP contribution is 2.12. The molecule has 0 fully saturated rings. The number of rotatable bonds is 4. The minimum Gasteiger partial charge on any atom is -0.215 e. The van der Waals surface area contributed by atoms with Crippen LogP contribution >= 0.6 is 0 Å². The molecule has 0 spiro atoms. The van der Waals surface area contributed by atoms with E-state index in [1.165, 1.54) is 0 Å². The van der Waals surface area contributed by atoms with Crippen molar-refractivity contribution in [2.24, 2.45) is 0 Å². The molecule has 0 atom stereocenters. The van der Waals surface area contributed by atoms with Crippen LogP contribution in [0.25, 0.3) is 0 Å². The van der Waals surface area contributed by atoms with Gasteiger partial charge in [0.05, 0.1) is 5.75 Å². The summed E-state index contributed by atoms with van der Waals surface area (Å²) in [6.07, 6.45) is 0. The first-order valence-corrected chi connectivity index (χ1v) is 6.01. The van der Waals surface area contributed by atoms with Crippen molar-refractivity contribution in [3.63, 3.8) is 0 Å². The van der Waals surface area contributed by atoms with Gasteiger partial charge in [0.2, 0.25) is 10.0 Å². The van der Waals surface area contributed by atoms with E-state index in [1.807, 2.05) is 0 Å². The van der Waals surface area contributed by atoms with Gasteiger partial charge in [0.25, 0.3) is 0 Å². The molecule has 0 aliphatic carbocycles. The van der Waals surface area contributed by atoms with Crippen molar-refractivity contribution in [3.05, 3.63) is 35.4 Å². The molecular weight excluding hydrogens is 224 g/mol. The summed E-state index contributed by atoms with van der Waals surface area (Å²) in [6, 6.07) is 2.82. The van der Waals surface area contributed by atoms with Gasteiger partial charge in [-0.3, -0.25) is 0 Å². The van der Waals surface area contributed by atoms with Gasteiger partial charge in [0.15, 0.2) is 0 Å². The summed E-state index contributed by atoms with van der Waals surface area (Å²) >= 11 is 0. The van der Waals surface area contributed by atoms with Crippen LogP contribution in [0.2, 0.25) is 0 Å². The Bertz CT molecular complexity index is 445. The van der Waals surface area contributed by atoms with Crippen molar-refractivity contribution in [1.29, 1.82) is 0 Å². The van der Waals surface area contributed by atoms with Crippen molar-refractivity contribution in [1.82, 2.24) is 4.72 Å². The SMILES string of the molecule is CCNS(=O)(=O)Cc1ccc(F)cc1F. The number of nitrogens with one attached hydrogen (secondary N) is 1. The van der Waals surface area contributed by atoms with Gasteiger partial charge in [-0.1, -0.05) is 13.0 Å².